The first-order valence-electron chi connectivity index (χ1n) is 4.77. The second-order valence-electron chi connectivity index (χ2n) is 3.26. The highest BCUT2D eigenvalue weighted by atomic mass is 79.9. The molecule has 4 nitrogen and oxygen atoms in total. The Kier molecular flexibility index (Phi) is 3.05. The Morgan fingerprint density at radius 2 is 1.88 bits per heavy atom. The van der Waals surface area contributed by atoms with Crippen LogP contribution in [0.4, 0.5) is 11.6 Å². The van der Waals surface area contributed by atoms with Crippen LogP contribution in [0.15, 0.2) is 34.8 Å². The molecule has 0 radical (unpaired) electrons. The number of nitrogens with one attached hydrogen (secondary N) is 1. The van der Waals surface area contributed by atoms with Crippen LogP contribution in [0.2, 0.25) is 0 Å². The zero-order valence-electron chi connectivity index (χ0n) is 8.74. The van der Waals surface area contributed by atoms with Crippen molar-refractivity contribution in [2.45, 2.75) is 0 Å². The maximum Gasteiger partial charge on any atom is 0.163 e. The van der Waals surface area contributed by atoms with Crippen LogP contribution in [0.1, 0.15) is 0 Å². The lowest BCUT2D eigenvalue weighted by molar-refractivity contribution is 1.17. The number of nitrogen functional groups attached to an aromatic ring is 1. The van der Waals surface area contributed by atoms with Gasteiger partial charge in [-0.05, 0) is 12.1 Å². The minimum absolute atomic E-state index is 0.456. The van der Waals surface area contributed by atoms with Gasteiger partial charge in [-0.3, -0.25) is 0 Å². The standard InChI is InChI=1S/C11H11BrN4/c1-14-10-6-9(13)15-11(16-10)7-2-4-8(12)5-3-7/h2-6H,1H3,(H3,13,14,15,16). The summed E-state index contributed by atoms with van der Waals surface area (Å²) in [5.74, 6) is 1.79. The highest BCUT2D eigenvalue weighted by molar-refractivity contribution is 9.10. The fourth-order valence-electron chi connectivity index (χ4n) is 1.32. The Hall–Kier alpha value is -1.62. The van der Waals surface area contributed by atoms with Crippen LogP contribution in [-0.2, 0) is 0 Å². The maximum absolute atomic E-state index is 5.70. The molecule has 0 aliphatic carbocycles. The molecular weight excluding hydrogens is 268 g/mol. The van der Waals surface area contributed by atoms with E-state index in [1.54, 1.807) is 13.1 Å². The van der Waals surface area contributed by atoms with E-state index in [4.69, 9.17) is 5.73 Å². The molecule has 0 atom stereocenters. The van der Waals surface area contributed by atoms with Crippen molar-refractivity contribution in [1.82, 2.24) is 9.97 Å². The highest BCUT2D eigenvalue weighted by Crippen LogP contribution is 2.20. The molecule has 2 aromatic rings. The van der Waals surface area contributed by atoms with Gasteiger partial charge < -0.3 is 11.1 Å². The van der Waals surface area contributed by atoms with Crippen molar-refractivity contribution in [3.05, 3.63) is 34.8 Å². The Morgan fingerprint density at radius 3 is 2.50 bits per heavy atom. The van der Waals surface area contributed by atoms with E-state index in [0.29, 0.717) is 17.5 Å². The third-order valence-corrected chi connectivity index (χ3v) is 2.63. The van der Waals surface area contributed by atoms with Crippen molar-refractivity contribution in [1.29, 1.82) is 0 Å². The summed E-state index contributed by atoms with van der Waals surface area (Å²) >= 11 is 3.38. The Bertz CT molecular complexity index is 496. The molecule has 0 saturated heterocycles. The second-order valence-corrected chi connectivity index (χ2v) is 4.17. The zero-order valence-corrected chi connectivity index (χ0v) is 10.3. The van der Waals surface area contributed by atoms with Crippen LogP contribution in [0, 0.1) is 0 Å². The molecule has 0 spiro atoms. The summed E-state index contributed by atoms with van der Waals surface area (Å²) in [6, 6.07) is 9.47. The third-order valence-electron chi connectivity index (χ3n) is 2.10. The molecule has 0 saturated carbocycles. The summed E-state index contributed by atoms with van der Waals surface area (Å²) in [6.45, 7) is 0. The van der Waals surface area contributed by atoms with Crippen molar-refractivity contribution in [2.75, 3.05) is 18.1 Å². The number of nitrogens with zero attached hydrogens (tertiary/aromatic N) is 2. The van der Waals surface area contributed by atoms with E-state index in [0.717, 1.165) is 10.0 Å². The van der Waals surface area contributed by atoms with Crippen molar-refractivity contribution >= 4 is 27.6 Å². The smallest absolute Gasteiger partial charge is 0.163 e. The first-order valence-corrected chi connectivity index (χ1v) is 5.56. The molecule has 1 aromatic carbocycles. The maximum atomic E-state index is 5.70. The molecular formula is C11H11BrN4. The zero-order chi connectivity index (χ0) is 11.5. The molecule has 0 bridgehead atoms. The number of aromatic nitrogens is 2. The van der Waals surface area contributed by atoms with Gasteiger partial charge >= 0.3 is 0 Å². The quantitative estimate of drug-likeness (QED) is 0.886. The summed E-state index contributed by atoms with van der Waals surface area (Å²) in [6.07, 6.45) is 0. The number of halogens is 1. The molecule has 16 heavy (non-hydrogen) atoms. The summed E-state index contributed by atoms with van der Waals surface area (Å²) in [4.78, 5) is 8.53. The number of nitrogens with two attached hydrogens (primary N) is 1. The lowest BCUT2D eigenvalue weighted by Gasteiger charge is -2.05. The van der Waals surface area contributed by atoms with Crippen molar-refractivity contribution < 1.29 is 0 Å². The summed E-state index contributed by atoms with van der Waals surface area (Å²) < 4.78 is 1.02. The van der Waals surface area contributed by atoms with Gasteiger partial charge in [0.1, 0.15) is 11.6 Å². The number of rotatable bonds is 2. The first-order chi connectivity index (χ1) is 7.69. The number of benzene rings is 1. The van der Waals surface area contributed by atoms with Gasteiger partial charge in [0.2, 0.25) is 0 Å². The van der Waals surface area contributed by atoms with E-state index in [2.05, 4.69) is 31.2 Å². The molecule has 0 aliphatic rings. The van der Waals surface area contributed by atoms with Crippen molar-refractivity contribution in [3.63, 3.8) is 0 Å². The molecule has 0 unspecified atom stereocenters. The van der Waals surface area contributed by atoms with E-state index >= 15 is 0 Å². The van der Waals surface area contributed by atoms with Gasteiger partial charge in [0.05, 0.1) is 0 Å². The van der Waals surface area contributed by atoms with Crippen LogP contribution < -0.4 is 11.1 Å². The van der Waals surface area contributed by atoms with Gasteiger partial charge in [-0.2, -0.15) is 0 Å². The predicted octanol–water partition coefficient (Wildman–Crippen LogP) is 2.53. The highest BCUT2D eigenvalue weighted by Gasteiger charge is 2.04. The fourth-order valence-corrected chi connectivity index (χ4v) is 1.59. The number of hydrogen-bond acceptors (Lipinski definition) is 4. The van der Waals surface area contributed by atoms with Gasteiger partial charge in [0.15, 0.2) is 5.82 Å². The van der Waals surface area contributed by atoms with Gasteiger partial charge in [-0.15, -0.1) is 0 Å². The van der Waals surface area contributed by atoms with E-state index in [1.165, 1.54) is 0 Å². The minimum Gasteiger partial charge on any atom is -0.384 e. The van der Waals surface area contributed by atoms with Crippen LogP contribution in [0.25, 0.3) is 11.4 Å². The van der Waals surface area contributed by atoms with Gasteiger partial charge in [0, 0.05) is 23.2 Å². The SMILES string of the molecule is CNc1cc(N)nc(-c2ccc(Br)cc2)n1. The molecule has 1 aromatic heterocycles. The molecule has 3 N–H and O–H groups in total. The van der Waals surface area contributed by atoms with Crippen LogP contribution in [0.5, 0.6) is 0 Å². The lowest BCUT2D eigenvalue weighted by atomic mass is 10.2. The molecule has 5 heteroatoms. The number of anilines is 2. The monoisotopic (exact) mass is 278 g/mol. The van der Waals surface area contributed by atoms with E-state index in [1.807, 2.05) is 24.3 Å². The average molecular weight is 279 g/mol. The topological polar surface area (TPSA) is 63.8 Å². The fraction of sp³-hybridized carbons (Fsp3) is 0.0909. The summed E-state index contributed by atoms with van der Waals surface area (Å²) in [5.41, 5.74) is 6.64. The van der Waals surface area contributed by atoms with Gasteiger partial charge in [-0.1, -0.05) is 28.1 Å². The van der Waals surface area contributed by atoms with Crippen LogP contribution >= 0.6 is 15.9 Å². The minimum atomic E-state index is 0.456. The summed E-state index contributed by atoms with van der Waals surface area (Å²) in [5, 5.41) is 2.95. The predicted molar refractivity (Wildman–Crippen MR) is 69.1 cm³/mol. The van der Waals surface area contributed by atoms with Crippen molar-refractivity contribution in [3.8, 4) is 11.4 Å². The molecule has 0 fully saturated rings. The van der Waals surface area contributed by atoms with Crippen LogP contribution in [-0.4, -0.2) is 17.0 Å². The van der Waals surface area contributed by atoms with E-state index in [9.17, 15) is 0 Å². The van der Waals surface area contributed by atoms with Crippen LogP contribution in [0.3, 0.4) is 0 Å². The van der Waals surface area contributed by atoms with E-state index in [-0.39, 0.29) is 0 Å². The van der Waals surface area contributed by atoms with Gasteiger partial charge in [-0.25, -0.2) is 9.97 Å². The average Bonchev–Trinajstić information content (AvgIpc) is 2.29. The number of hydrogen-bond donors (Lipinski definition) is 2. The molecule has 2 rings (SSSR count). The Balaban J connectivity index is 2.47. The molecule has 1 heterocycles. The molecule has 0 amide bonds. The Labute approximate surface area is 102 Å². The largest absolute Gasteiger partial charge is 0.384 e. The Morgan fingerprint density at radius 1 is 1.19 bits per heavy atom. The van der Waals surface area contributed by atoms with E-state index < -0.39 is 0 Å². The summed E-state index contributed by atoms with van der Waals surface area (Å²) in [7, 11) is 1.80. The lowest BCUT2D eigenvalue weighted by Crippen LogP contribution is -2.00. The van der Waals surface area contributed by atoms with Crippen molar-refractivity contribution in [2.24, 2.45) is 0 Å². The second kappa shape index (κ2) is 4.49. The molecule has 82 valence electrons. The first kappa shape index (κ1) is 10.9. The normalized spacial score (nSPS) is 10.1. The molecule has 0 aliphatic heterocycles. The van der Waals surface area contributed by atoms with Gasteiger partial charge in [0.25, 0.3) is 0 Å². The third kappa shape index (κ3) is 2.30.